The number of rotatable bonds is 8. The van der Waals surface area contributed by atoms with Crippen molar-refractivity contribution in [3.8, 4) is 0 Å². The van der Waals surface area contributed by atoms with Crippen LogP contribution in [-0.2, 0) is 4.79 Å². The summed E-state index contributed by atoms with van der Waals surface area (Å²) in [7, 11) is 0. The number of hydrogen-bond donors (Lipinski definition) is 3. The van der Waals surface area contributed by atoms with Crippen molar-refractivity contribution in [2.45, 2.75) is 72.3 Å². The zero-order valence-corrected chi connectivity index (χ0v) is 18.2. The van der Waals surface area contributed by atoms with Crippen molar-refractivity contribution in [1.29, 1.82) is 0 Å². The lowest BCUT2D eigenvalue weighted by molar-refractivity contribution is -0.120. The van der Waals surface area contributed by atoms with Gasteiger partial charge in [0.15, 0.2) is 5.96 Å². The first-order valence-electron chi connectivity index (χ1n) is 9.38. The lowest BCUT2D eigenvalue weighted by Gasteiger charge is -2.32. The maximum absolute atomic E-state index is 11.6. The highest BCUT2D eigenvalue weighted by Gasteiger charge is 2.23. The molecule has 24 heavy (non-hydrogen) atoms. The number of amides is 1. The number of guanidine groups is 1. The molecule has 1 saturated carbocycles. The number of hydrogen-bond acceptors (Lipinski definition) is 2. The third-order valence-electron chi connectivity index (χ3n) is 4.58. The van der Waals surface area contributed by atoms with Gasteiger partial charge in [-0.3, -0.25) is 9.79 Å². The van der Waals surface area contributed by atoms with Crippen molar-refractivity contribution in [2.24, 2.45) is 16.8 Å². The van der Waals surface area contributed by atoms with Crippen LogP contribution >= 0.6 is 24.0 Å². The first-order chi connectivity index (χ1) is 11.1. The van der Waals surface area contributed by atoms with Crippen LogP contribution in [0.25, 0.3) is 0 Å². The summed E-state index contributed by atoms with van der Waals surface area (Å²) in [6.07, 6.45) is 6.45. The Kier molecular flexibility index (Phi) is 13.4. The van der Waals surface area contributed by atoms with Gasteiger partial charge < -0.3 is 16.0 Å². The molecular formula is C18H37IN4O. The zero-order chi connectivity index (χ0) is 17.1. The molecule has 0 aromatic carbocycles. The third-order valence-corrected chi connectivity index (χ3v) is 4.58. The Morgan fingerprint density at radius 1 is 1.12 bits per heavy atom. The van der Waals surface area contributed by atoms with Crippen LogP contribution in [0.1, 0.15) is 66.2 Å². The Labute approximate surface area is 165 Å². The molecule has 0 atom stereocenters. The molecule has 5 nitrogen and oxygen atoms in total. The second kappa shape index (κ2) is 13.7. The number of nitrogens with zero attached hydrogens (tertiary/aromatic N) is 1. The maximum Gasteiger partial charge on any atom is 0.221 e. The summed E-state index contributed by atoms with van der Waals surface area (Å²) in [5.41, 5.74) is 0. The first kappa shape index (κ1) is 23.5. The Balaban J connectivity index is 0.00000529. The number of nitrogens with one attached hydrogen (secondary N) is 3. The molecule has 0 aromatic heterocycles. The average molecular weight is 452 g/mol. The predicted molar refractivity (Wildman–Crippen MR) is 113 cm³/mol. The van der Waals surface area contributed by atoms with Gasteiger partial charge in [-0.1, -0.05) is 20.8 Å². The van der Waals surface area contributed by atoms with E-state index in [2.05, 4.69) is 48.6 Å². The quantitative estimate of drug-likeness (QED) is 0.301. The van der Waals surface area contributed by atoms with Gasteiger partial charge in [0.25, 0.3) is 0 Å². The summed E-state index contributed by atoms with van der Waals surface area (Å²) in [6.45, 7) is 10.9. The lowest BCUT2D eigenvalue weighted by Crippen LogP contribution is -2.45. The Morgan fingerprint density at radius 2 is 1.79 bits per heavy atom. The molecule has 1 aliphatic carbocycles. The van der Waals surface area contributed by atoms with Gasteiger partial charge in [-0.2, -0.15) is 0 Å². The number of carbonyl (C=O) groups excluding carboxylic acids is 1. The Morgan fingerprint density at radius 3 is 2.33 bits per heavy atom. The van der Waals surface area contributed by atoms with Gasteiger partial charge >= 0.3 is 0 Å². The van der Waals surface area contributed by atoms with Crippen LogP contribution in [0.3, 0.4) is 0 Å². The highest BCUT2D eigenvalue weighted by atomic mass is 127. The summed E-state index contributed by atoms with van der Waals surface area (Å²) < 4.78 is 0. The summed E-state index contributed by atoms with van der Waals surface area (Å²) in [4.78, 5) is 16.2. The monoisotopic (exact) mass is 452 g/mol. The van der Waals surface area contributed by atoms with Crippen LogP contribution in [0.15, 0.2) is 4.99 Å². The Bertz CT molecular complexity index is 366. The average Bonchev–Trinajstić information content (AvgIpc) is 2.53. The molecule has 0 bridgehead atoms. The zero-order valence-electron chi connectivity index (χ0n) is 15.9. The smallest absolute Gasteiger partial charge is 0.221 e. The van der Waals surface area contributed by atoms with Gasteiger partial charge in [0.1, 0.15) is 0 Å². The van der Waals surface area contributed by atoms with E-state index in [0.717, 1.165) is 37.3 Å². The van der Waals surface area contributed by atoms with E-state index in [1.165, 1.54) is 25.7 Å². The normalized spacial score (nSPS) is 21.1. The van der Waals surface area contributed by atoms with Gasteiger partial charge in [0.05, 0.1) is 6.54 Å². The molecular weight excluding hydrogens is 415 g/mol. The minimum Gasteiger partial charge on any atom is -0.357 e. The van der Waals surface area contributed by atoms with Crippen molar-refractivity contribution in [2.75, 3.05) is 19.6 Å². The van der Waals surface area contributed by atoms with Crippen molar-refractivity contribution in [3.63, 3.8) is 0 Å². The fourth-order valence-electron chi connectivity index (χ4n) is 3.07. The molecule has 1 fully saturated rings. The molecule has 6 heteroatoms. The fourth-order valence-corrected chi connectivity index (χ4v) is 3.07. The molecule has 0 aliphatic heterocycles. The van der Waals surface area contributed by atoms with Crippen LogP contribution in [0.4, 0.5) is 0 Å². The molecule has 0 heterocycles. The first-order valence-corrected chi connectivity index (χ1v) is 9.38. The van der Waals surface area contributed by atoms with Crippen molar-refractivity contribution < 1.29 is 4.79 Å². The summed E-state index contributed by atoms with van der Waals surface area (Å²) in [5.74, 6) is 2.60. The minimum atomic E-state index is 0. The van der Waals surface area contributed by atoms with Crippen LogP contribution in [-0.4, -0.2) is 37.5 Å². The molecule has 0 spiro atoms. The third kappa shape index (κ3) is 9.69. The van der Waals surface area contributed by atoms with E-state index in [0.29, 0.717) is 19.0 Å². The van der Waals surface area contributed by atoms with Crippen molar-refractivity contribution in [3.05, 3.63) is 0 Å². The number of aliphatic imine (C=N–C) groups is 1. The van der Waals surface area contributed by atoms with E-state index < -0.39 is 0 Å². The fraction of sp³-hybridized carbons (Fsp3) is 0.889. The molecule has 1 aliphatic rings. The minimum absolute atomic E-state index is 0. The summed E-state index contributed by atoms with van der Waals surface area (Å²) in [6, 6.07) is 0.511. The molecule has 1 rings (SSSR count). The number of halogens is 1. The van der Waals surface area contributed by atoms with Gasteiger partial charge in [0.2, 0.25) is 5.91 Å². The highest BCUT2D eigenvalue weighted by molar-refractivity contribution is 14.0. The van der Waals surface area contributed by atoms with Crippen LogP contribution in [0, 0.1) is 11.8 Å². The van der Waals surface area contributed by atoms with E-state index in [-0.39, 0.29) is 29.9 Å². The SMILES string of the molecule is CCCNC(=O)CCN=C(NCC)NC1CCC(C(C)C)CC1.I. The van der Waals surface area contributed by atoms with Gasteiger partial charge in [-0.25, -0.2) is 0 Å². The van der Waals surface area contributed by atoms with Crippen molar-refractivity contribution >= 4 is 35.8 Å². The molecule has 0 unspecified atom stereocenters. The van der Waals surface area contributed by atoms with E-state index in [9.17, 15) is 4.79 Å². The largest absolute Gasteiger partial charge is 0.357 e. The van der Waals surface area contributed by atoms with E-state index in [4.69, 9.17) is 0 Å². The van der Waals surface area contributed by atoms with E-state index in [1.54, 1.807) is 0 Å². The summed E-state index contributed by atoms with van der Waals surface area (Å²) >= 11 is 0. The molecule has 0 radical (unpaired) electrons. The molecule has 142 valence electrons. The van der Waals surface area contributed by atoms with Crippen LogP contribution in [0.2, 0.25) is 0 Å². The maximum atomic E-state index is 11.6. The lowest BCUT2D eigenvalue weighted by atomic mass is 9.80. The van der Waals surface area contributed by atoms with E-state index >= 15 is 0 Å². The second-order valence-electron chi connectivity index (χ2n) is 6.86. The molecule has 0 aromatic rings. The number of carbonyl (C=O) groups is 1. The van der Waals surface area contributed by atoms with Gasteiger partial charge in [0, 0.05) is 25.6 Å². The van der Waals surface area contributed by atoms with Crippen molar-refractivity contribution in [1.82, 2.24) is 16.0 Å². The van der Waals surface area contributed by atoms with Crippen LogP contribution in [0.5, 0.6) is 0 Å². The van der Waals surface area contributed by atoms with E-state index in [1.807, 2.05) is 0 Å². The Hall–Kier alpha value is -0.530. The van der Waals surface area contributed by atoms with Crippen LogP contribution < -0.4 is 16.0 Å². The topological polar surface area (TPSA) is 65.5 Å². The molecule has 3 N–H and O–H groups in total. The van der Waals surface area contributed by atoms with Gasteiger partial charge in [-0.05, 0) is 50.9 Å². The standard InChI is InChI=1S/C18H36N4O.HI/c1-5-12-20-17(23)11-13-21-18(19-6-2)22-16-9-7-15(8-10-16)14(3)4;/h14-16H,5-13H2,1-4H3,(H,20,23)(H2,19,21,22);1H. The summed E-state index contributed by atoms with van der Waals surface area (Å²) in [5, 5.41) is 9.71. The molecule has 0 saturated heterocycles. The second-order valence-corrected chi connectivity index (χ2v) is 6.86. The highest BCUT2D eigenvalue weighted by Crippen LogP contribution is 2.29. The van der Waals surface area contributed by atoms with Gasteiger partial charge in [-0.15, -0.1) is 24.0 Å². The molecule has 1 amide bonds. The predicted octanol–water partition coefficient (Wildman–Crippen LogP) is 3.29.